The molecule has 14 nitrogen and oxygen atoms in total. The van der Waals surface area contributed by atoms with Crippen molar-refractivity contribution in [1.29, 1.82) is 0 Å². The second-order valence-electron chi connectivity index (χ2n) is 7.06. The van der Waals surface area contributed by atoms with Crippen LogP contribution in [0.2, 0.25) is 0 Å². The Morgan fingerprint density at radius 2 is 1.72 bits per heavy atom. The number of azo groups is 1. The minimum atomic E-state index is -4.71. The average molecular weight is 562 g/mol. The molecule has 17 heteroatoms. The summed E-state index contributed by atoms with van der Waals surface area (Å²) in [5.74, 6) is -0.334. The summed E-state index contributed by atoms with van der Waals surface area (Å²) >= 11 is 0.556. The van der Waals surface area contributed by atoms with Crippen LogP contribution >= 0.6 is 12.0 Å². The van der Waals surface area contributed by atoms with Crippen molar-refractivity contribution in [2.45, 2.75) is 22.6 Å². The number of hydrogen-bond donors (Lipinski definition) is 5. The molecule has 0 saturated heterocycles. The number of fused-ring (bicyclic) bond motifs is 1. The van der Waals surface area contributed by atoms with Crippen LogP contribution in [-0.2, 0) is 40.5 Å². The van der Waals surface area contributed by atoms with Crippen LogP contribution in [0, 0.1) is 0 Å². The van der Waals surface area contributed by atoms with Gasteiger partial charge in [0.15, 0.2) is 0 Å². The first-order valence-electron chi connectivity index (χ1n) is 9.73. The SMILES string of the molecule is Nc1c(N=Nc2ccc(CCCOS(=O)(=O)O)cc2SOOO)cc(S(=O)(=O)O)c2cccc(O)c12. The molecule has 0 spiro atoms. The van der Waals surface area contributed by atoms with Gasteiger partial charge in [0.2, 0.25) is 0 Å². The van der Waals surface area contributed by atoms with Crippen LogP contribution in [0.15, 0.2) is 62.5 Å². The Morgan fingerprint density at radius 3 is 2.39 bits per heavy atom. The fraction of sp³-hybridized carbons (Fsp3) is 0.158. The number of hydrogen-bond acceptors (Lipinski definition) is 13. The Bertz CT molecular complexity index is 1510. The molecule has 0 amide bonds. The first kappa shape index (κ1) is 27.7. The number of anilines is 1. The quantitative estimate of drug-likeness (QED) is 0.0425. The molecule has 0 aromatic heterocycles. The Kier molecular flexibility index (Phi) is 8.82. The molecule has 3 rings (SSSR count). The van der Waals surface area contributed by atoms with Gasteiger partial charge in [-0.3, -0.25) is 9.11 Å². The van der Waals surface area contributed by atoms with Crippen molar-refractivity contribution in [3.05, 3.63) is 48.0 Å². The van der Waals surface area contributed by atoms with E-state index < -0.39 is 25.4 Å². The van der Waals surface area contributed by atoms with E-state index in [9.17, 15) is 26.5 Å². The molecular formula is C19H19N3O11S3. The largest absolute Gasteiger partial charge is 0.507 e. The minimum Gasteiger partial charge on any atom is -0.507 e. The first-order valence-corrected chi connectivity index (χ1v) is 13.3. The molecule has 0 heterocycles. The van der Waals surface area contributed by atoms with Crippen molar-refractivity contribution in [2.24, 2.45) is 10.2 Å². The van der Waals surface area contributed by atoms with Crippen molar-refractivity contribution in [2.75, 3.05) is 12.3 Å². The number of nitrogen functional groups attached to an aromatic ring is 1. The third kappa shape index (κ3) is 7.09. The summed E-state index contributed by atoms with van der Waals surface area (Å²) in [6.45, 7) is -0.261. The van der Waals surface area contributed by atoms with Crippen molar-refractivity contribution < 1.29 is 49.9 Å². The number of nitrogens with zero attached hydrogens (tertiary/aromatic N) is 2. The molecule has 0 aliphatic rings. The van der Waals surface area contributed by atoms with E-state index in [-0.39, 0.29) is 51.5 Å². The number of nitrogens with two attached hydrogens (primary N) is 1. The first-order chi connectivity index (χ1) is 16.9. The Balaban J connectivity index is 1.97. The topological polar surface area (TPSA) is 228 Å². The van der Waals surface area contributed by atoms with E-state index >= 15 is 0 Å². The average Bonchev–Trinajstić information content (AvgIpc) is 2.79. The molecule has 6 N–H and O–H groups in total. The standard InChI is InChI=1S/C19H19N3O11S3/c20-19-14(10-17(35(25,26)27)12-4-1-5-15(23)18(12)19)22-21-13-7-6-11(9-16(13)34-33-32-24)3-2-8-31-36(28,29)30/h1,4-7,9-10,23-24H,2-3,8,20H2,(H,25,26,27)(H,28,29,30). The van der Waals surface area contributed by atoms with Gasteiger partial charge in [0.1, 0.15) is 22.0 Å². The maximum atomic E-state index is 11.9. The van der Waals surface area contributed by atoms with Crippen LogP contribution in [0.5, 0.6) is 5.75 Å². The normalized spacial score (nSPS) is 12.5. The molecule has 36 heavy (non-hydrogen) atoms. The van der Waals surface area contributed by atoms with E-state index in [0.29, 0.717) is 24.0 Å². The van der Waals surface area contributed by atoms with Gasteiger partial charge in [-0.25, -0.2) is 9.44 Å². The number of phenolic OH excluding ortho intramolecular Hbond substituents is 1. The maximum Gasteiger partial charge on any atom is 0.397 e. The highest BCUT2D eigenvalue weighted by molar-refractivity contribution is 7.94. The van der Waals surface area contributed by atoms with Crippen LogP contribution in [0.25, 0.3) is 10.8 Å². The Hall–Kier alpha value is -2.87. The van der Waals surface area contributed by atoms with Gasteiger partial charge in [0.25, 0.3) is 10.1 Å². The molecule has 0 atom stereocenters. The number of aromatic hydroxyl groups is 1. The molecular weight excluding hydrogens is 542 g/mol. The van der Waals surface area contributed by atoms with E-state index in [0.717, 1.165) is 6.07 Å². The number of phenols is 1. The van der Waals surface area contributed by atoms with Crippen LogP contribution in [0.4, 0.5) is 17.1 Å². The fourth-order valence-corrected chi connectivity index (χ4v) is 4.73. The molecule has 0 aliphatic heterocycles. The van der Waals surface area contributed by atoms with Crippen LogP contribution < -0.4 is 5.73 Å². The zero-order chi connectivity index (χ0) is 26.5. The molecule has 3 aromatic carbocycles. The maximum absolute atomic E-state index is 11.9. The third-order valence-corrected chi connectivity index (χ3v) is 6.68. The van der Waals surface area contributed by atoms with Gasteiger partial charge >= 0.3 is 10.4 Å². The van der Waals surface area contributed by atoms with Gasteiger partial charge in [-0.2, -0.15) is 16.8 Å². The van der Waals surface area contributed by atoms with Gasteiger partial charge in [-0.15, -0.1) is 14.6 Å². The highest BCUT2D eigenvalue weighted by atomic mass is 32.3. The Morgan fingerprint density at radius 1 is 1.00 bits per heavy atom. The van der Waals surface area contributed by atoms with Gasteiger partial charge in [0.05, 0.1) is 34.6 Å². The summed E-state index contributed by atoms with van der Waals surface area (Å²) in [5.41, 5.74) is 6.66. The lowest BCUT2D eigenvalue weighted by Gasteiger charge is -2.11. The van der Waals surface area contributed by atoms with Gasteiger partial charge < -0.3 is 10.8 Å². The summed E-state index contributed by atoms with van der Waals surface area (Å²) in [6, 6.07) is 9.69. The highest BCUT2D eigenvalue weighted by Crippen LogP contribution is 2.41. The van der Waals surface area contributed by atoms with E-state index in [1.807, 2.05) is 0 Å². The van der Waals surface area contributed by atoms with Crippen molar-refractivity contribution in [1.82, 2.24) is 0 Å². The lowest BCUT2D eigenvalue weighted by molar-refractivity contribution is -0.432. The molecule has 0 saturated carbocycles. The zero-order valence-electron chi connectivity index (χ0n) is 18.0. The molecule has 0 fully saturated rings. The number of rotatable bonds is 11. The molecule has 194 valence electrons. The molecule has 0 aliphatic carbocycles. The Labute approximate surface area is 209 Å². The van der Waals surface area contributed by atoms with E-state index in [1.54, 1.807) is 12.1 Å². The number of benzene rings is 3. The smallest absolute Gasteiger partial charge is 0.397 e. The predicted octanol–water partition coefficient (Wildman–Crippen LogP) is 3.97. The summed E-state index contributed by atoms with van der Waals surface area (Å²) in [6.07, 6.45) is 0.562. The zero-order valence-corrected chi connectivity index (χ0v) is 20.5. The highest BCUT2D eigenvalue weighted by Gasteiger charge is 2.20. The number of aryl methyl sites for hydroxylation is 1. The molecule has 0 bridgehead atoms. The van der Waals surface area contributed by atoms with E-state index in [4.69, 9.17) is 15.5 Å². The molecule has 0 unspecified atom stereocenters. The second-order valence-corrected chi connectivity index (χ2v) is 10.3. The molecule has 3 aromatic rings. The fourth-order valence-electron chi connectivity index (χ4n) is 3.20. The van der Waals surface area contributed by atoms with Gasteiger partial charge in [-0.05, 0) is 42.7 Å². The van der Waals surface area contributed by atoms with Crippen molar-refractivity contribution >= 4 is 60.4 Å². The minimum absolute atomic E-state index is 0.0129. The second kappa shape index (κ2) is 11.5. The van der Waals surface area contributed by atoms with Crippen LogP contribution in [-0.4, -0.2) is 42.9 Å². The predicted molar refractivity (Wildman–Crippen MR) is 127 cm³/mol. The van der Waals surface area contributed by atoms with Crippen LogP contribution in [0.3, 0.4) is 0 Å². The van der Waals surface area contributed by atoms with Crippen molar-refractivity contribution in [3.8, 4) is 5.75 Å². The lowest BCUT2D eigenvalue weighted by atomic mass is 10.1. The summed E-state index contributed by atoms with van der Waals surface area (Å²) in [7, 11) is -9.26. The van der Waals surface area contributed by atoms with Crippen molar-refractivity contribution in [3.63, 3.8) is 0 Å². The monoisotopic (exact) mass is 561 g/mol. The summed E-state index contributed by atoms with van der Waals surface area (Å²) in [5, 5.41) is 30.3. The summed E-state index contributed by atoms with van der Waals surface area (Å²) < 4.78 is 72.0. The third-order valence-electron chi connectivity index (χ3n) is 4.68. The van der Waals surface area contributed by atoms with E-state index in [1.165, 1.54) is 24.3 Å². The van der Waals surface area contributed by atoms with Gasteiger partial charge in [-0.1, -0.05) is 23.2 Å². The van der Waals surface area contributed by atoms with E-state index in [2.05, 4.69) is 23.8 Å². The summed E-state index contributed by atoms with van der Waals surface area (Å²) in [4.78, 5) is -0.260. The molecule has 0 radical (unpaired) electrons. The van der Waals surface area contributed by atoms with Gasteiger partial charge in [0, 0.05) is 5.39 Å². The lowest BCUT2D eigenvalue weighted by Crippen LogP contribution is -2.05. The van der Waals surface area contributed by atoms with Crippen LogP contribution in [0.1, 0.15) is 12.0 Å².